The summed E-state index contributed by atoms with van der Waals surface area (Å²) < 4.78 is 32.2. The summed E-state index contributed by atoms with van der Waals surface area (Å²) >= 11 is 0. The molecule has 0 amide bonds. The molecule has 0 fully saturated rings. The largest absolute Gasteiger partial charge is 0.449 e. The molecule has 0 unspecified atom stereocenters. The van der Waals surface area contributed by atoms with Crippen LogP contribution >= 0.6 is 0 Å². The highest BCUT2D eigenvalue weighted by atomic mass is 32.3. The summed E-state index contributed by atoms with van der Waals surface area (Å²) in [7, 11) is -1.93. The average molecular weight is 361 g/mol. The van der Waals surface area contributed by atoms with Crippen molar-refractivity contribution >= 4 is 28.2 Å². The predicted molar refractivity (Wildman–Crippen MR) is 102 cm³/mol. The molecule has 2 aromatic rings. The summed E-state index contributed by atoms with van der Waals surface area (Å²) in [6, 6.07) is 15.0. The first-order chi connectivity index (χ1) is 11.9. The summed E-state index contributed by atoms with van der Waals surface area (Å²) in [5.41, 5.74) is 3.21. The molecular formula is C19H23NO4S. The molecule has 0 bridgehead atoms. The summed E-state index contributed by atoms with van der Waals surface area (Å²) in [4.78, 5) is 2.17. The van der Waals surface area contributed by atoms with Gasteiger partial charge in [-0.1, -0.05) is 36.4 Å². The zero-order valence-corrected chi connectivity index (χ0v) is 15.5. The van der Waals surface area contributed by atoms with Gasteiger partial charge in [-0.3, -0.25) is 0 Å². The number of benzene rings is 2. The van der Waals surface area contributed by atoms with Gasteiger partial charge in [0.2, 0.25) is 0 Å². The molecule has 0 radical (unpaired) electrons. The van der Waals surface area contributed by atoms with Gasteiger partial charge in [0.15, 0.2) is 0 Å². The highest BCUT2D eigenvalue weighted by Gasteiger charge is 2.11. The van der Waals surface area contributed by atoms with E-state index in [9.17, 15) is 8.42 Å². The van der Waals surface area contributed by atoms with Gasteiger partial charge in [-0.15, -0.1) is 0 Å². The monoisotopic (exact) mass is 361 g/mol. The van der Waals surface area contributed by atoms with E-state index in [4.69, 9.17) is 4.18 Å². The van der Waals surface area contributed by atoms with Gasteiger partial charge in [-0.25, -0.2) is 4.18 Å². The van der Waals surface area contributed by atoms with Crippen LogP contribution in [0.3, 0.4) is 0 Å². The van der Waals surface area contributed by atoms with Crippen LogP contribution in [0.15, 0.2) is 48.5 Å². The topological polar surface area (TPSA) is 55.8 Å². The molecule has 0 N–H and O–H groups in total. The molecule has 0 spiro atoms. The van der Waals surface area contributed by atoms with Crippen molar-refractivity contribution in [3.63, 3.8) is 0 Å². The van der Waals surface area contributed by atoms with Gasteiger partial charge in [0.1, 0.15) is 5.75 Å². The lowest BCUT2D eigenvalue weighted by Crippen LogP contribution is -2.15. The van der Waals surface area contributed by atoms with E-state index in [0.717, 1.165) is 17.7 Å². The number of anilines is 1. The first kappa shape index (κ1) is 19.0. The van der Waals surface area contributed by atoms with Crippen molar-refractivity contribution in [3.8, 4) is 5.75 Å². The molecule has 0 aliphatic heterocycles. The second-order valence-corrected chi connectivity index (χ2v) is 6.63. The average Bonchev–Trinajstić information content (AvgIpc) is 2.60. The minimum absolute atomic E-state index is 0.0377. The van der Waals surface area contributed by atoms with Crippen LogP contribution in [0.1, 0.15) is 25.0 Å². The van der Waals surface area contributed by atoms with Crippen LogP contribution in [0.5, 0.6) is 5.75 Å². The zero-order chi connectivity index (χ0) is 18.3. The molecule has 0 saturated carbocycles. The third kappa shape index (κ3) is 5.92. The Morgan fingerprint density at radius 1 is 0.920 bits per heavy atom. The van der Waals surface area contributed by atoms with Crippen LogP contribution in [0.2, 0.25) is 0 Å². The van der Waals surface area contributed by atoms with Crippen molar-refractivity contribution in [3.05, 3.63) is 59.7 Å². The lowest BCUT2D eigenvalue weighted by Gasteiger charge is -2.16. The number of hydrogen-bond donors (Lipinski definition) is 0. The number of rotatable bonds is 8. The maximum atomic E-state index is 11.4. The van der Waals surface area contributed by atoms with E-state index in [-0.39, 0.29) is 12.4 Å². The maximum Gasteiger partial charge on any atom is 0.449 e. The van der Waals surface area contributed by atoms with Crippen molar-refractivity contribution in [2.45, 2.75) is 13.8 Å². The van der Waals surface area contributed by atoms with E-state index in [1.54, 1.807) is 31.2 Å². The Morgan fingerprint density at radius 2 is 1.44 bits per heavy atom. The lowest BCUT2D eigenvalue weighted by molar-refractivity contribution is 0.288. The molecule has 0 aliphatic carbocycles. The Morgan fingerprint density at radius 3 is 1.92 bits per heavy atom. The van der Waals surface area contributed by atoms with Crippen LogP contribution in [0, 0.1) is 0 Å². The highest BCUT2D eigenvalue weighted by molar-refractivity contribution is 7.82. The minimum atomic E-state index is -3.99. The van der Waals surface area contributed by atoms with Crippen molar-refractivity contribution in [1.29, 1.82) is 0 Å². The quantitative estimate of drug-likeness (QED) is 0.666. The minimum Gasteiger partial charge on any atom is -0.375 e. The third-order valence-corrected chi connectivity index (χ3v) is 4.54. The van der Waals surface area contributed by atoms with Gasteiger partial charge in [-0.05, 0) is 49.2 Å². The van der Waals surface area contributed by atoms with E-state index < -0.39 is 10.4 Å². The Kier molecular flexibility index (Phi) is 6.61. The molecule has 134 valence electrons. The first-order valence-corrected chi connectivity index (χ1v) is 9.45. The Balaban J connectivity index is 2.02. The van der Waals surface area contributed by atoms with Crippen LogP contribution in [0.25, 0.3) is 12.2 Å². The van der Waals surface area contributed by atoms with E-state index in [1.807, 2.05) is 12.2 Å². The normalized spacial score (nSPS) is 11.6. The smallest absolute Gasteiger partial charge is 0.375 e. The van der Waals surface area contributed by atoms with E-state index >= 15 is 0 Å². The molecule has 25 heavy (non-hydrogen) atoms. The van der Waals surface area contributed by atoms with E-state index in [0.29, 0.717) is 0 Å². The molecule has 2 rings (SSSR count). The number of hydrogen-bond acceptors (Lipinski definition) is 5. The Bertz CT molecular complexity index is 796. The summed E-state index contributed by atoms with van der Waals surface area (Å²) in [6.45, 7) is 4.70. The second kappa shape index (κ2) is 8.69. The fourth-order valence-corrected chi connectivity index (χ4v) is 2.82. The Labute approximate surface area is 149 Å². The first-order valence-electron chi connectivity index (χ1n) is 8.11. The molecule has 0 aliphatic rings. The van der Waals surface area contributed by atoms with Crippen LogP contribution in [0.4, 0.5) is 5.69 Å². The van der Waals surface area contributed by atoms with Crippen molar-refractivity contribution in [1.82, 2.24) is 0 Å². The van der Waals surface area contributed by atoms with Crippen LogP contribution in [-0.4, -0.2) is 28.6 Å². The fraction of sp³-hybridized carbons (Fsp3) is 0.263. The third-order valence-electron chi connectivity index (χ3n) is 3.62. The molecule has 0 heterocycles. The van der Waals surface area contributed by atoms with Gasteiger partial charge in [0.25, 0.3) is 0 Å². The summed E-state index contributed by atoms with van der Waals surface area (Å²) in [5.74, 6) is 0.220. The van der Waals surface area contributed by atoms with Gasteiger partial charge in [-0.2, -0.15) is 8.42 Å². The molecule has 0 saturated heterocycles. The second-order valence-electron chi connectivity index (χ2n) is 5.41. The van der Waals surface area contributed by atoms with Crippen molar-refractivity contribution in [2.24, 2.45) is 0 Å². The van der Waals surface area contributed by atoms with Crippen molar-refractivity contribution < 1.29 is 16.8 Å². The van der Waals surface area contributed by atoms with Gasteiger partial charge >= 0.3 is 10.4 Å². The van der Waals surface area contributed by atoms with E-state index in [2.05, 4.69) is 47.3 Å². The standard InChI is InChI=1S/C19H23NO4S/c1-4-20(3)18-12-8-16(9-13-18)6-7-17-10-14-19(15-11-17)24-25(21,22)23-5-2/h6-15H,4-5H2,1-3H3. The zero-order valence-electron chi connectivity index (χ0n) is 14.7. The Hall–Kier alpha value is -2.31. The SMILES string of the molecule is CCOS(=O)(=O)Oc1ccc(C=Cc2ccc(N(C)CC)cc2)cc1. The van der Waals surface area contributed by atoms with Gasteiger partial charge < -0.3 is 9.08 Å². The molecule has 6 heteroatoms. The van der Waals surface area contributed by atoms with E-state index in [1.165, 1.54) is 5.69 Å². The van der Waals surface area contributed by atoms with Crippen LogP contribution < -0.4 is 9.08 Å². The summed E-state index contributed by atoms with van der Waals surface area (Å²) in [6.07, 6.45) is 3.96. The van der Waals surface area contributed by atoms with Crippen LogP contribution in [-0.2, 0) is 14.6 Å². The predicted octanol–water partition coefficient (Wildman–Crippen LogP) is 3.97. The van der Waals surface area contributed by atoms with Gasteiger partial charge in [0, 0.05) is 19.3 Å². The molecule has 0 aromatic heterocycles. The molecule has 2 aromatic carbocycles. The molecule has 0 atom stereocenters. The molecular weight excluding hydrogens is 338 g/mol. The maximum absolute atomic E-state index is 11.4. The van der Waals surface area contributed by atoms with Crippen molar-refractivity contribution in [2.75, 3.05) is 25.1 Å². The fourth-order valence-electron chi connectivity index (χ4n) is 2.14. The van der Waals surface area contributed by atoms with Gasteiger partial charge in [0.05, 0.1) is 6.61 Å². The number of nitrogens with zero attached hydrogens (tertiary/aromatic N) is 1. The molecule has 5 nitrogen and oxygen atoms in total. The highest BCUT2D eigenvalue weighted by Crippen LogP contribution is 2.18. The lowest BCUT2D eigenvalue weighted by atomic mass is 10.1. The summed E-state index contributed by atoms with van der Waals surface area (Å²) in [5, 5.41) is 0.